The number of nitrogens with zero attached hydrogens (tertiary/aromatic N) is 6. The van der Waals surface area contributed by atoms with Crippen LogP contribution in [0.25, 0.3) is 0 Å². The van der Waals surface area contributed by atoms with E-state index in [4.69, 9.17) is 0 Å². The molecule has 2 aliphatic rings. The molecule has 0 atom stereocenters. The number of hydrogen-bond acceptors (Lipinski definition) is 5. The molecule has 0 saturated carbocycles. The van der Waals surface area contributed by atoms with Gasteiger partial charge in [0.15, 0.2) is 5.69 Å². The van der Waals surface area contributed by atoms with Crippen LogP contribution in [0.1, 0.15) is 33.9 Å². The maximum Gasteiger partial charge on any atom is 0.274 e. The van der Waals surface area contributed by atoms with Gasteiger partial charge in [-0.25, -0.2) is 4.68 Å². The number of carbonyl (C=O) groups is 1. The summed E-state index contributed by atoms with van der Waals surface area (Å²) in [5.74, 6) is -0.00476. The number of aryl methyl sites for hydroxylation is 4. The molecule has 0 radical (unpaired) electrons. The predicted molar refractivity (Wildman–Crippen MR) is 101 cm³/mol. The van der Waals surface area contributed by atoms with Crippen LogP contribution in [0.2, 0.25) is 0 Å². The van der Waals surface area contributed by atoms with Crippen molar-refractivity contribution in [3.63, 3.8) is 0 Å². The Morgan fingerprint density at radius 2 is 1.85 bits per heavy atom. The fourth-order valence-electron chi connectivity index (χ4n) is 3.84. The summed E-state index contributed by atoms with van der Waals surface area (Å²) in [5, 5.41) is 8.82. The molecule has 3 heterocycles. The molecular formula is C19H26N6O2. The average molecular weight is 370 g/mol. The summed E-state index contributed by atoms with van der Waals surface area (Å²) in [5.41, 5.74) is 3.68. The van der Waals surface area contributed by atoms with Crippen molar-refractivity contribution in [3.05, 3.63) is 45.1 Å². The molecule has 0 spiro atoms. The van der Waals surface area contributed by atoms with Gasteiger partial charge in [-0.2, -0.15) is 10.2 Å². The molecule has 2 aromatic rings. The highest BCUT2D eigenvalue weighted by molar-refractivity contribution is 5.92. The molecule has 144 valence electrons. The molecule has 0 bridgehead atoms. The van der Waals surface area contributed by atoms with Crippen LogP contribution in [0.5, 0.6) is 0 Å². The maximum absolute atomic E-state index is 12.6. The fraction of sp³-hybridized carbons (Fsp3) is 0.579. The third-order valence-corrected chi connectivity index (χ3v) is 5.64. The zero-order valence-corrected chi connectivity index (χ0v) is 16.0. The van der Waals surface area contributed by atoms with Gasteiger partial charge in [-0.3, -0.25) is 19.2 Å². The van der Waals surface area contributed by atoms with Crippen molar-refractivity contribution in [2.45, 2.75) is 32.7 Å². The van der Waals surface area contributed by atoms with Crippen molar-refractivity contribution in [1.29, 1.82) is 0 Å². The van der Waals surface area contributed by atoms with Gasteiger partial charge in [-0.15, -0.1) is 0 Å². The lowest BCUT2D eigenvalue weighted by Crippen LogP contribution is -2.49. The summed E-state index contributed by atoms with van der Waals surface area (Å²) in [6.45, 7) is 6.28. The van der Waals surface area contributed by atoms with Crippen molar-refractivity contribution < 1.29 is 4.79 Å². The molecule has 2 aromatic heterocycles. The number of carbonyl (C=O) groups excluding carboxylic acids is 1. The van der Waals surface area contributed by atoms with Gasteiger partial charge in [0.25, 0.3) is 11.5 Å². The van der Waals surface area contributed by atoms with Gasteiger partial charge in [0.2, 0.25) is 0 Å². The molecule has 8 nitrogen and oxygen atoms in total. The highest BCUT2D eigenvalue weighted by Gasteiger charge is 2.24. The van der Waals surface area contributed by atoms with E-state index in [0.717, 1.165) is 55.8 Å². The largest absolute Gasteiger partial charge is 0.335 e. The monoisotopic (exact) mass is 370 g/mol. The minimum absolute atomic E-state index is 0.00464. The maximum atomic E-state index is 12.6. The van der Waals surface area contributed by atoms with Gasteiger partial charge in [0.1, 0.15) is 0 Å². The number of amides is 1. The first kappa shape index (κ1) is 17.9. The summed E-state index contributed by atoms with van der Waals surface area (Å²) in [6.07, 6.45) is 3.05. The van der Waals surface area contributed by atoms with Gasteiger partial charge < -0.3 is 4.90 Å². The quantitative estimate of drug-likeness (QED) is 0.770. The number of aromatic nitrogens is 4. The van der Waals surface area contributed by atoms with Crippen molar-refractivity contribution in [2.24, 2.45) is 7.05 Å². The predicted octanol–water partition coefficient (Wildman–Crippen LogP) is 0.232. The first-order valence-electron chi connectivity index (χ1n) is 9.63. The summed E-state index contributed by atoms with van der Waals surface area (Å²) >= 11 is 0. The van der Waals surface area contributed by atoms with E-state index in [2.05, 4.69) is 15.1 Å². The Hall–Kier alpha value is -2.48. The zero-order valence-electron chi connectivity index (χ0n) is 16.0. The van der Waals surface area contributed by atoms with E-state index in [1.165, 1.54) is 0 Å². The second kappa shape index (κ2) is 7.26. The Morgan fingerprint density at radius 1 is 1.07 bits per heavy atom. The summed E-state index contributed by atoms with van der Waals surface area (Å²) < 4.78 is 3.32. The van der Waals surface area contributed by atoms with Crippen molar-refractivity contribution in [2.75, 3.05) is 32.7 Å². The van der Waals surface area contributed by atoms with Gasteiger partial charge in [0, 0.05) is 51.5 Å². The van der Waals surface area contributed by atoms with E-state index >= 15 is 0 Å². The lowest BCUT2D eigenvalue weighted by atomic mass is 10.2. The fourth-order valence-corrected chi connectivity index (χ4v) is 3.84. The molecule has 0 N–H and O–H groups in total. The Morgan fingerprint density at radius 3 is 2.56 bits per heavy atom. The Kier molecular flexibility index (Phi) is 4.82. The Bertz CT molecular complexity index is 888. The van der Waals surface area contributed by atoms with E-state index in [-0.39, 0.29) is 11.5 Å². The SMILES string of the molecule is Cc1cc(C(=O)N2CCN(CCn3nc4c(cc3=O)CCC4)CC2)nn1C. The lowest BCUT2D eigenvalue weighted by molar-refractivity contribution is 0.0625. The van der Waals surface area contributed by atoms with Crippen LogP contribution in [0.15, 0.2) is 16.9 Å². The molecular weight excluding hydrogens is 344 g/mol. The third kappa shape index (κ3) is 3.66. The third-order valence-electron chi connectivity index (χ3n) is 5.64. The van der Waals surface area contributed by atoms with Crippen LogP contribution < -0.4 is 5.56 Å². The molecule has 1 fully saturated rings. The summed E-state index contributed by atoms with van der Waals surface area (Å²) in [6, 6.07) is 3.58. The van der Waals surface area contributed by atoms with Crippen LogP contribution >= 0.6 is 0 Å². The summed E-state index contributed by atoms with van der Waals surface area (Å²) in [4.78, 5) is 28.9. The Labute approximate surface area is 158 Å². The minimum atomic E-state index is -0.00476. The van der Waals surface area contributed by atoms with E-state index in [0.29, 0.717) is 25.3 Å². The van der Waals surface area contributed by atoms with E-state index in [1.807, 2.05) is 24.9 Å². The molecule has 0 unspecified atom stereocenters. The van der Waals surface area contributed by atoms with Crippen LogP contribution in [0.4, 0.5) is 0 Å². The topological polar surface area (TPSA) is 76.3 Å². The minimum Gasteiger partial charge on any atom is -0.335 e. The van der Waals surface area contributed by atoms with Gasteiger partial charge >= 0.3 is 0 Å². The highest BCUT2D eigenvalue weighted by atomic mass is 16.2. The van der Waals surface area contributed by atoms with Gasteiger partial charge in [0.05, 0.1) is 12.2 Å². The van der Waals surface area contributed by atoms with Crippen molar-refractivity contribution in [1.82, 2.24) is 29.4 Å². The molecule has 1 aliphatic carbocycles. The smallest absolute Gasteiger partial charge is 0.274 e. The Balaban J connectivity index is 1.31. The lowest BCUT2D eigenvalue weighted by Gasteiger charge is -2.34. The van der Waals surface area contributed by atoms with E-state index in [9.17, 15) is 9.59 Å². The first-order chi connectivity index (χ1) is 13.0. The van der Waals surface area contributed by atoms with Crippen molar-refractivity contribution >= 4 is 5.91 Å². The molecule has 8 heteroatoms. The molecule has 1 aliphatic heterocycles. The second-order valence-electron chi connectivity index (χ2n) is 7.46. The normalized spacial score (nSPS) is 17.3. The standard InChI is InChI=1S/C19H26N6O2/c1-14-12-17(20-22(14)2)19(27)24-9-6-23(7-10-24)8-11-25-18(26)13-15-4-3-5-16(15)21-25/h12-13H,3-11H2,1-2H3. The molecule has 1 saturated heterocycles. The molecule has 0 aromatic carbocycles. The molecule has 27 heavy (non-hydrogen) atoms. The average Bonchev–Trinajstić information content (AvgIpc) is 3.25. The van der Waals surface area contributed by atoms with Gasteiger partial charge in [-0.05, 0) is 37.8 Å². The number of hydrogen-bond donors (Lipinski definition) is 0. The van der Waals surface area contributed by atoms with Crippen LogP contribution in [0, 0.1) is 6.92 Å². The van der Waals surface area contributed by atoms with E-state index in [1.54, 1.807) is 15.4 Å². The van der Waals surface area contributed by atoms with Crippen LogP contribution in [-0.4, -0.2) is 68.0 Å². The number of rotatable bonds is 4. The van der Waals surface area contributed by atoms with Gasteiger partial charge in [-0.1, -0.05) is 0 Å². The van der Waals surface area contributed by atoms with Crippen molar-refractivity contribution in [3.8, 4) is 0 Å². The summed E-state index contributed by atoms with van der Waals surface area (Å²) in [7, 11) is 1.85. The molecule has 1 amide bonds. The number of fused-ring (bicyclic) bond motifs is 1. The zero-order chi connectivity index (χ0) is 19.0. The van der Waals surface area contributed by atoms with E-state index < -0.39 is 0 Å². The van der Waals surface area contributed by atoms with Crippen LogP contribution in [0.3, 0.4) is 0 Å². The molecule has 4 rings (SSSR count). The second-order valence-corrected chi connectivity index (χ2v) is 7.46. The first-order valence-corrected chi connectivity index (χ1v) is 9.63. The highest BCUT2D eigenvalue weighted by Crippen LogP contribution is 2.17. The number of piperazine rings is 1. The van der Waals surface area contributed by atoms with Crippen LogP contribution in [-0.2, 0) is 26.4 Å².